The summed E-state index contributed by atoms with van der Waals surface area (Å²) in [6.07, 6.45) is 0.382. The maximum absolute atomic E-state index is 11.2. The number of amides is 1. The number of alkyl halides is 1. The number of halogens is 1. The fraction of sp³-hybridized carbons (Fsp3) is 0.667. The first-order valence-electron chi connectivity index (χ1n) is 4.63. The van der Waals surface area contributed by atoms with E-state index in [1.54, 1.807) is 0 Å². The number of rotatable bonds is 3. The summed E-state index contributed by atoms with van der Waals surface area (Å²) in [5.74, 6) is 0.368. The number of carbonyl (C=O) groups excluding carboxylic acids is 1. The number of carbonyl (C=O) groups is 1. The molecule has 0 aliphatic heterocycles. The number of nitrogens with zero attached hydrogens (tertiary/aromatic N) is 2. The van der Waals surface area contributed by atoms with Gasteiger partial charge in [-0.3, -0.25) is 10.1 Å². The molecule has 84 valence electrons. The van der Waals surface area contributed by atoms with E-state index in [-0.39, 0.29) is 17.3 Å². The molecule has 6 heteroatoms. The van der Waals surface area contributed by atoms with Crippen LogP contribution in [0.3, 0.4) is 0 Å². The van der Waals surface area contributed by atoms with Crippen molar-refractivity contribution in [2.45, 2.75) is 32.6 Å². The Labute approximate surface area is 96.8 Å². The van der Waals surface area contributed by atoms with Gasteiger partial charge in [-0.2, -0.15) is 0 Å². The van der Waals surface area contributed by atoms with Gasteiger partial charge in [-0.15, -0.1) is 5.10 Å². The lowest BCUT2D eigenvalue weighted by molar-refractivity contribution is -0.115. The van der Waals surface area contributed by atoms with Crippen molar-refractivity contribution in [1.82, 2.24) is 10.2 Å². The minimum atomic E-state index is -0.203. The van der Waals surface area contributed by atoms with Crippen molar-refractivity contribution in [1.29, 1.82) is 0 Å². The molecule has 0 bridgehead atoms. The average Bonchev–Trinajstić information content (AvgIpc) is 2.52. The molecule has 15 heavy (non-hydrogen) atoms. The van der Waals surface area contributed by atoms with Gasteiger partial charge in [-0.1, -0.05) is 41.8 Å². The van der Waals surface area contributed by atoms with Gasteiger partial charge in [-0.25, -0.2) is 0 Å². The lowest BCUT2D eigenvalue weighted by Crippen LogP contribution is -2.12. The molecule has 0 saturated heterocycles. The quantitative estimate of drug-likeness (QED) is 0.858. The Hall–Kier alpha value is -0.910. The summed E-state index contributed by atoms with van der Waals surface area (Å²) >= 11 is 3.17. The second-order valence-electron chi connectivity index (χ2n) is 4.15. The summed E-state index contributed by atoms with van der Waals surface area (Å²) in [6, 6.07) is 0.158. The van der Waals surface area contributed by atoms with Gasteiger partial charge in [0.15, 0.2) is 0 Å². The van der Waals surface area contributed by atoms with Crippen LogP contribution >= 0.6 is 15.9 Å². The van der Waals surface area contributed by atoms with Crippen LogP contribution in [0.25, 0.3) is 0 Å². The topological polar surface area (TPSA) is 68.0 Å². The smallest absolute Gasteiger partial charge is 0.322 e. The number of aromatic nitrogens is 2. The Morgan fingerprint density at radius 2 is 2.13 bits per heavy atom. The molecular weight excluding hydrogens is 262 g/mol. The van der Waals surface area contributed by atoms with Crippen LogP contribution in [0.4, 0.5) is 6.01 Å². The molecule has 0 aromatic carbocycles. The molecule has 0 aliphatic carbocycles. The van der Waals surface area contributed by atoms with Gasteiger partial charge in [0.2, 0.25) is 11.8 Å². The molecule has 0 atom stereocenters. The zero-order chi connectivity index (χ0) is 11.5. The highest BCUT2D eigenvalue weighted by molar-refractivity contribution is 9.09. The molecule has 1 heterocycles. The third kappa shape index (κ3) is 3.62. The predicted octanol–water partition coefficient (Wildman–Crippen LogP) is 2.09. The van der Waals surface area contributed by atoms with Crippen LogP contribution in [0, 0.1) is 0 Å². The highest BCUT2D eigenvalue weighted by atomic mass is 79.9. The second-order valence-corrected chi connectivity index (χ2v) is 4.94. The minimum Gasteiger partial charge on any atom is -0.407 e. The van der Waals surface area contributed by atoms with Gasteiger partial charge in [0.1, 0.15) is 0 Å². The van der Waals surface area contributed by atoms with Crippen molar-refractivity contribution < 1.29 is 9.21 Å². The van der Waals surface area contributed by atoms with Gasteiger partial charge >= 0.3 is 6.01 Å². The third-order valence-electron chi connectivity index (χ3n) is 1.63. The van der Waals surface area contributed by atoms with Gasteiger partial charge < -0.3 is 4.42 Å². The van der Waals surface area contributed by atoms with Gasteiger partial charge in [-0.05, 0) is 0 Å². The Morgan fingerprint density at radius 1 is 1.47 bits per heavy atom. The maximum Gasteiger partial charge on any atom is 0.322 e. The van der Waals surface area contributed by atoms with Crippen LogP contribution in [0.5, 0.6) is 0 Å². The van der Waals surface area contributed by atoms with Crippen molar-refractivity contribution in [2.24, 2.45) is 0 Å². The summed E-state index contributed by atoms with van der Waals surface area (Å²) in [6.45, 7) is 5.89. The molecule has 1 N–H and O–H groups in total. The predicted molar refractivity (Wildman–Crippen MR) is 60.0 cm³/mol. The second kappa shape index (κ2) is 4.74. The standard InChI is InChI=1S/C9H14BrN3O2/c1-9(2,3)7-12-13-8(15-7)11-6(14)4-5-10/h4-5H2,1-3H3,(H,11,13,14). The maximum atomic E-state index is 11.2. The van der Waals surface area contributed by atoms with Gasteiger partial charge in [0.25, 0.3) is 0 Å². The first kappa shape index (κ1) is 12.2. The lowest BCUT2D eigenvalue weighted by atomic mass is 9.97. The number of hydrogen-bond acceptors (Lipinski definition) is 4. The van der Waals surface area contributed by atoms with Crippen LogP contribution in [0.1, 0.15) is 33.1 Å². The molecule has 0 spiro atoms. The minimum absolute atomic E-state index is 0.143. The van der Waals surface area contributed by atoms with Crippen LogP contribution in [-0.4, -0.2) is 21.4 Å². The van der Waals surface area contributed by atoms with E-state index in [1.165, 1.54) is 0 Å². The van der Waals surface area contributed by atoms with E-state index in [0.717, 1.165) is 0 Å². The molecule has 0 radical (unpaired) electrons. The molecule has 0 fully saturated rings. The highest BCUT2D eigenvalue weighted by Gasteiger charge is 2.21. The Kier molecular flexibility index (Phi) is 3.84. The van der Waals surface area contributed by atoms with E-state index in [4.69, 9.17) is 4.42 Å². The summed E-state index contributed by atoms with van der Waals surface area (Å²) < 4.78 is 5.30. The fourth-order valence-electron chi connectivity index (χ4n) is 0.844. The average molecular weight is 276 g/mol. The molecule has 0 saturated carbocycles. The zero-order valence-corrected chi connectivity index (χ0v) is 10.6. The van der Waals surface area contributed by atoms with Crippen LogP contribution in [-0.2, 0) is 10.2 Å². The van der Waals surface area contributed by atoms with E-state index in [0.29, 0.717) is 17.6 Å². The summed E-state index contributed by atoms with van der Waals surface area (Å²) in [7, 11) is 0. The highest BCUT2D eigenvalue weighted by Crippen LogP contribution is 2.21. The van der Waals surface area contributed by atoms with Crippen molar-refractivity contribution >= 4 is 27.9 Å². The largest absolute Gasteiger partial charge is 0.407 e. The Balaban J connectivity index is 2.65. The fourth-order valence-corrected chi connectivity index (χ4v) is 1.20. The third-order valence-corrected chi connectivity index (χ3v) is 2.03. The first-order valence-corrected chi connectivity index (χ1v) is 5.75. The van der Waals surface area contributed by atoms with E-state index in [2.05, 4.69) is 31.4 Å². The molecule has 0 aliphatic rings. The summed E-state index contributed by atoms with van der Waals surface area (Å²) in [4.78, 5) is 11.2. The number of nitrogens with one attached hydrogen (secondary N) is 1. The van der Waals surface area contributed by atoms with Crippen LogP contribution in [0.15, 0.2) is 4.42 Å². The zero-order valence-electron chi connectivity index (χ0n) is 9.00. The summed E-state index contributed by atoms with van der Waals surface area (Å²) in [5, 5.41) is 10.7. The van der Waals surface area contributed by atoms with E-state index in [1.807, 2.05) is 20.8 Å². The van der Waals surface area contributed by atoms with E-state index >= 15 is 0 Å². The van der Waals surface area contributed by atoms with Crippen LogP contribution in [0.2, 0.25) is 0 Å². The number of anilines is 1. The lowest BCUT2D eigenvalue weighted by Gasteiger charge is -2.10. The van der Waals surface area contributed by atoms with Gasteiger partial charge in [0.05, 0.1) is 0 Å². The molecule has 1 aromatic heterocycles. The molecular formula is C9H14BrN3O2. The van der Waals surface area contributed by atoms with Crippen molar-refractivity contribution in [3.05, 3.63) is 5.89 Å². The van der Waals surface area contributed by atoms with Gasteiger partial charge in [0, 0.05) is 17.2 Å². The Bertz CT molecular complexity index is 343. The SMILES string of the molecule is CC(C)(C)c1nnc(NC(=O)CCBr)o1. The molecule has 5 nitrogen and oxygen atoms in total. The van der Waals surface area contributed by atoms with Crippen molar-refractivity contribution in [2.75, 3.05) is 10.6 Å². The normalized spacial score (nSPS) is 11.5. The monoisotopic (exact) mass is 275 g/mol. The van der Waals surface area contributed by atoms with Crippen molar-refractivity contribution in [3.63, 3.8) is 0 Å². The first-order chi connectivity index (χ1) is 6.93. The van der Waals surface area contributed by atoms with E-state index < -0.39 is 0 Å². The molecule has 0 unspecified atom stereocenters. The molecule has 1 amide bonds. The Morgan fingerprint density at radius 3 is 2.60 bits per heavy atom. The van der Waals surface area contributed by atoms with Crippen molar-refractivity contribution in [3.8, 4) is 0 Å². The molecule has 1 aromatic rings. The number of hydrogen-bond donors (Lipinski definition) is 1. The summed E-state index contributed by atoms with van der Waals surface area (Å²) in [5.41, 5.74) is -0.203. The van der Waals surface area contributed by atoms with Crippen LogP contribution < -0.4 is 5.32 Å². The molecule has 1 rings (SSSR count). The van der Waals surface area contributed by atoms with E-state index in [9.17, 15) is 4.79 Å².